The summed E-state index contributed by atoms with van der Waals surface area (Å²) in [5.74, 6) is 1.62. The van der Waals surface area contributed by atoms with Gasteiger partial charge >= 0.3 is 0 Å². The summed E-state index contributed by atoms with van der Waals surface area (Å²) in [7, 11) is 0. The largest absolute Gasteiger partial charge is 0.454 e. The highest BCUT2D eigenvalue weighted by molar-refractivity contribution is 5.57. The van der Waals surface area contributed by atoms with E-state index in [1.165, 1.54) is 12.8 Å². The molecule has 4 heteroatoms. The number of nitrogens with zero attached hydrogens (tertiary/aromatic N) is 1. The van der Waals surface area contributed by atoms with Crippen molar-refractivity contribution in [1.82, 2.24) is 0 Å². The van der Waals surface area contributed by atoms with E-state index in [-0.39, 0.29) is 12.6 Å². The third-order valence-electron chi connectivity index (χ3n) is 3.53. The van der Waals surface area contributed by atoms with Crippen molar-refractivity contribution in [2.75, 3.05) is 24.8 Å². The first-order chi connectivity index (χ1) is 8.38. The summed E-state index contributed by atoms with van der Waals surface area (Å²) in [5.41, 5.74) is 1.12. The topological polar surface area (TPSA) is 41.9 Å². The fourth-order valence-corrected chi connectivity index (χ4v) is 2.59. The van der Waals surface area contributed by atoms with Gasteiger partial charge in [0.05, 0.1) is 12.6 Å². The zero-order valence-corrected chi connectivity index (χ0v) is 9.76. The van der Waals surface area contributed by atoms with Crippen molar-refractivity contribution in [1.29, 1.82) is 0 Å². The van der Waals surface area contributed by atoms with E-state index in [9.17, 15) is 5.11 Å². The van der Waals surface area contributed by atoms with Crippen molar-refractivity contribution >= 4 is 5.69 Å². The van der Waals surface area contributed by atoms with Crippen LogP contribution < -0.4 is 14.4 Å². The second kappa shape index (κ2) is 4.45. The number of aliphatic hydroxyl groups is 1. The third-order valence-corrected chi connectivity index (χ3v) is 3.53. The molecule has 0 radical (unpaired) electrons. The van der Waals surface area contributed by atoms with Crippen LogP contribution in [0.3, 0.4) is 0 Å². The second-order valence-electron chi connectivity index (χ2n) is 4.56. The van der Waals surface area contributed by atoms with Gasteiger partial charge in [0.2, 0.25) is 6.79 Å². The van der Waals surface area contributed by atoms with Crippen molar-refractivity contribution in [3.05, 3.63) is 18.2 Å². The number of aliphatic hydroxyl groups excluding tert-OH is 1. The number of hydrogen-bond donors (Lipinski definition) is 1. The van der Waals surface area contributed by atoms with E-state index in [0.717, 1.165) is 30.2 Å². The van der Waals surface area contributed by atoms with E-state index in [4.69, 9.17) is 9.47 Å². The summed E-state index contributed by atoms with van der Waals surface area (Å²) in [4.78, 5) is 2.27. The minimum atomic E-state index is 0.217. The molecule has 0 spiro atoms. The molecule has 2 aliphatic heterocycles. The Morgan fingerprint density at radius 3 is 3.00 bits per heavy atom. The van der Waals surface area contributed by atoms with Gasteiger partial charge in [-0.05, 0) is 31.4 Å². The Morgan fingerprint density at radius 2 is 2.12 bits per heavy atom. The van der Waals surface area contributed by atoms with Crippen LogP contribution in [0.25, 0.3) is 0 Å². The van der Waals surface area contributed by atoms with Gasteiger partial charge in [0.25, 0.3) is 0 Å². The Morgan fingerprint density at radius 1 is 1.24 bits per heavy atom. The number of piperidine rings is 1. The van der Waals surface area contributed by atoms with Crippen LogP contribution in [0.5, 0.6) is 11.5 Å². The molecule has 0 aliphatic carbocycles. The predicted octanol–water partition coefficient (Wildman–Crippen LogP) is 1.77. The fourth-order valence-electron chi connectivity index (χ4n) is 2.59. The average molecular weight is 235 g/mol. The van der Waals surface area contributed by atoms with E-state index in [2.05, 4.69) is 4.90 Å². The van der Waals surface area contributed by atoms with Gasteiger partial charge in [0.15, 0.2) is 11.5 Å². The second-order valence-corrected chi connectivity index (χ2v) is 4.56. The fraction of sp³-hybridized carbons (Fsp3) is 0.538. The standard InChI is InChI=1S/C13H17NO3/c15-8-11-3-1-2-6-14(11)10-4-5-12-13(7-10)17-9-16-12/h4-5,7,11,15H,1-3,6,8-9H2. The number of ether oxygens (including phenoxy) is 2. The number of anilines is 1. The first-order valence-corrected chi connectivity index (χ1v) is 6.15. The van der Waals surface area contributed by atoms with Gasteiger partial charge in [-0.25, -0.2) is 0 Å². The molecule has 0 amide bonds. The Bertz CT molecular complexity index is 408. The predicted molar refractivity (Wildman–Crippen MR) is 64.6 cm³/mol. The Labute approximate surface area is 101 Å². The molecule has 17 heavy (non-hydrogen) atoms. The zero-order valence-electron chi connectivity index (χ0n) is 9.76. The molecule has 1 N–H and O–H groups in total. The molecule has 1 aromatic rings. The number of hydrogen-bond acceptors (Lipinski definition) is 4. The van der Waals surface area contributed by atoms with Gasteiger partial charge in [0.1, 0.15) is 0 Å². The lowest BCUT2D eigenvalue weighted by Crippen LogP contribution is -2.41. The molecule has 0 saturated carbocycles. The Balaban J connectivity index is 1.87. The molecule has 3 rings (SSSR count). The van der Waals surface area contributed by atoms with Crippen LogP contribution in [0, 0.1) is 0 Å². The van der Waals surface area contributed by atoms with Gasteiger partial charge < -0.3 is 19.5 Å². The van der Waals surface area contributed by atoms with Crippen molar-refractivity contribution in [3.63, 3.8) is 0 Å². The van der Waals surface area contributed by atoms with Crippen molar-refractivity contribution in [2.24, 2.45) is 0 Å². The first kappa shape index (κ1) is 10.7. The molecule has 1 fully saturated rings. The van der Waals surface area contributed by atoms with Crippen LogP contribution in [0.2, 0.25) is 0 Å². The molecular formula is C13H17NO3. The van der Waals surface area contributed by atoms with E-state index < -0.39 is 0 Å². The highest BCUT2D eigenvalue weighted by atomic mass is 16.7. The minimum Gasteiger partial charge on any atom is -0.454 e. The molecule has 1 unspecified atom stereocenters. The molecule has 1 atom stereocenters. The van der Waals surface area contributed by atoms with Crippen LogP contribution >= 0.6 is 0 Å². The smallest absolute Gasteiger partial charge is 0.231 e. The maximum Gasteiger partial charge on any atom is 0.231 e. The maximum atomic E-state index is 9.42. The zero-order chi connectivity index (χ0) is 11.7. The summed E-state index contributed by atoms with van der Waals surface area (Å²) in [6, 6.07) is 6.24. The van der Waals surface area contributed by atoms with Crippen LogP contribution in [0.4, 0.5) is 5.69 Å². The van der Waals surface area contributed by atoms with Gasteiger partial charge in [-0.15, -0.1) is 0 Å². The molecule has 1 saturated heterocycles. The molecule has 0 aromatic heterocycles. The monoisotopic (exact) mass is 235 g/mol. The lowest BCUT2D eigenvalue weighted by molar-refractivity contribution is 0.174. The van der Waals surface area contributed by atoms with Crippen molar-refractivity contribution in [3.8, 4) is 11.5 Å². The van der Waals surface area contributed by atoms with E-state index >= 15 is 0 Å². The van der Waals surface area contributed by atoms with Gasteiger partial charge in [-0.2, -0.15) is 0 Å². The summed E-state index contributed by atoms with van der Waals surface area (Å²) in [5, 5.41) is 9.42. The van der Waals surface area contributed by atoms with E-state index in [1.807, 2.05) is 18.2 Å². The van der Waals surface area contributed by atoms with Gasteiger partial charge in [0, 0.05) is 18.3 Å². The summed E-state index contributed by atoms with van der Waals surface area (Å²) in [6.45, 7) is 1.53. The van der Waals surface area contributed by atoms with E-state index in [1.54, 1.807) is 0 Å². The normalized spacial score (nSPS) is 22.9. The highest BCUT2D eigenvalue weighted by Crippen LogP contribution is 2.37. The average Bonchev–Trinajstić information content (AvgIpc) is 2.85. The van der Waals surface area contributed by atoms with Crippen LogP contribution in [-0.2, 0) is 0 Å². The lowest BCUT2D eigenvalue weighted by Gasteiger charge is -2.36. The Kier molecular flexibility index (Phi) is 2.81. The molecule has 4 nitrogen and oxygen atoms in total. The molecule has 1 aromatic carbocycles. The molecule has 92 valence electrons. The molecule has 2 heterocycles. The highest BCUT2D eigenvalue weighted by Gasteiger charge is 2.23. The molecule has 2 aliphatic rings. The molecule has 0 bridgehead atoms. The number of fused-ring (bicyclic) bond motifs is 1. The van der Waals surface area contributed by atoms with Crippen LogP contribution in [0.1, 0.15) is 19.3 Å². The van der Waals surface area contributed by atoms with Crippen LogP contribution in [-0.4, -0.2) is 31.1 Å². The molecular weight excluding hydrogens is 218 g/mol. The van der Waals surface area contributed by atoms with Crippen LogP contribution in [0.15, 0.2) is 18.2 Å². The number of rotatable bonds is 2. The summed E-state index contributed by atoms with van der Waals surface area (Å²) < 4.78 is 10.7. The van der Waals surface area contributed by atoms with Gasteiger partial charge in [-0.1, -0.05) is 0 Å². The summed E-state index contributed by atoms with van der Waals surface area (Å²) in [6.07, 6.45) is 3.45. The first-order valence-electron chi connectivity index (χ1n) is 6.15. The van der Waals surface area contributed by atoms with E-state index in [0.29, 0.717) is 6.79 Å². The minimum absolute atomic E-state index is 0.217. The summed E-state index contributed by atoms with van der Waals surface area (Å²) >= 11 is 0. The third kappa shape index (κ3) is 1.93. The lowest BCUT2D eigenvalue weighted by atomic mass is 10.0. The quantitative estimate of drug-likeness (QED) is 0.848. The van der Waals surface area contributed by atoms with Crippen molar-refractivity contribution < 1.29 is 14.6 Å². The maximum absolute atomic E-state index is 9.42. The number of benzene rings is 1. The van der Waals surface area contributed by atoms with Crippen molar-refractivity contribution in [2.45, 2.75) is 25.3 Å². The SMILES string of the molecule is OCC1CCCCN1c1ccc2c(c1)OCO2. The Hall–Kier alpha value is -1.42. The van der Waals surface area contributed by atoms with Gasteiger partial charge in [-0.3, -0.25) is 0 Å².